The first kappa shape index (κ1) is 17.1. The molecule has 1 aromatic heterocycles. The minimum absolute atomic E-state index is 0.0224. The van der Waals surface area contributed by atoms with E-state index in [9.17, 15) is 13.3 Å². The fourth-order valence-corrected chi connectivity index (χ4v) is 2.94. The Hall–Kier alpha value is -1.30. The van der Waals surface area contributed by atoms with Crippen LogP contribution in [0.15, 0.2) is 28.8 Å². The molecule has 0 bridgehead atoms. The molecule has 0 spiro atoms. The standard InChI is InChI=1S/C13H15ClF2N3O2P/c1-19(2)22(3,20)8-9-4-6-10(7-5-9)11-17-12(21-18-11)13(14,15)16/h4-7H,8H2,1-3H3. The molecule has 1 unspecified atom stereocenters. The number of halogens is 3. The number of benzene rings is 1. The molecular weight excluding hydrogens is 335 g/mol. The summed E-state index contributed by atoms with van der Waals surface area (Å²) in [4.78, 5) is 3.56. The van der Waals surface area contributed by atoms with Gasteiger partial charge in [0.1, 0.15) is 0 Å². The molecule has 0 saturated heterocycles. The number of aromatic nitrogens is 2. The van der Waals surface area contributed by atoms with Crippen molar-refractivity contribution in [1.29, 1.82) is 0 Å². The maximum absolute atomic E-state index is 12.8. The molecule has 120 valence electrons. The molecule has 0 aliphatic carbocycles. The highest BCUT2D eigenvalue weighted by atomic mass is 35.5. The Morgan fingerprint density at radius 3 is 2.36 bits per heavy atom. The van der Waals surface area contributed by atoms with Gasteiger partial charge < -0.3 is 9.09 Å². The molecule has 0 radical (unpaired) electrons. The molecule has 9 heteroatoms. The van der Waals surface area contributed by atoms with Crippen molar-refractivity contribution in [2.24, 2.45) is 0 Å². The first-order valence-electron chi connectivity index (χ1n) is 6.34. The minimum atomic E-state index is -3.69. The van der Waals surface area contributed by atoms with Crippen LogP contribution in [0.2, 0.25) is 0 Å². The molecule has 1 atom stereocenters. The molecule has 0 aliphatic heterocycles. The fourth-order valence-electron chi connectivity index (χ4n) is 1.70. The summed E-state index contributed by atoms with van der Waals surface area (Å²) in [6, 6.07) is 6.83. The van der Waals surface area contributed by atoms with Crippen molar-refractivity contribution in [1.82, 2.24) is 14.8 Å². The lowest BCUT2D eigenvalue weighted by atomic mass is 10.1. The van der Waals surface area contributed by atoms with Crippen LogP contribution in [0.25, 0.3) is 11.4 Å². The number of alkyl halides is 3. The molecular formula is C13H15ClF2N3O2P. The van der Waals surface area contributed by atoms with Gasteiger partial charge in [-0.3, -0.25) is 4.67 Å². The Morgan fingerprint density at radius 2 is 1.91 bits per heavy atom. The summed E-state index contributed by atoms with van der Waals surface area (Å²) in [5.41, 5.74) is 1.38. The molecule has 0 amide bonds. The van der Waals surface area contributed by atoms with E-state index in [1.54, 1.807) is 49.7 Å². The highest BCUT2D eigenvalue weighted by Crippen LogP contribution is 2.46. The zero-order valence-electron chi connectivity index (χ0n) is 12.3. The van der Waals surface area contributed by atoms with Crippen molar-refractivity contribution in [3.05, 3.63) is 35.7 Å². The monoisotopic (exact) mass is 349 g/mol. The van der Waals surface area contributed by atoms with E-state index in [1.807, 2.05) is 0 Å². The van der Waals surface area contributed by atoms with Crippen LogP contribution in [0.3, 0.4) is 0 Å². The van der Waals surface area contributed by atoms with Gasteiger partial charge in [-0.05, 0) is 31.3 Å². The summed E-state index contributed by atoms with van der Waals surface area (Å²) in [7, 11) is 1.11. The van der Waals surface area contributed by atoms with Gasteiger partial charge in [0.05, 0.1) is 0 Å². The van der Waals surface area contributed by atoms with E-state index in [-0.39, 0.29) is 5.82 Å². The van der Waals surface area contributed by atoms with E-state index in [4.69, 9.17) is 11.6 Å². The molecule has 0 N–H and O–H groups in total. The Bertz CT molecular complexity index is 698. The third-order valence-electron chi connectivity index (χ3n) is 3.20. The smallest absolute Gasteiger partial charge is 0.331 e. The lowest BCUT2D eigenvalue weighted by Gasteiger charge is -2.20. The van der Waals surface area contributed by atoms with Crippen LogP contribution >= 0.6 is 18.9 Å². The van der Waals surface area contributed by atoms with Crippen LogP contribution in [0.1, 0.15) is 11.5 Å². The second kappa shape index (κ2) is 6.07. The van der Waals surface area contributed by atoms with E-state index in [2.05, 4.69) is 14.7 Å². The molecule has 1 aromatic carbocycles. The molecule has 0 fully saturated rings. The lowest BCUT2D eigenvalue weighted by Crippen LogP contribution is -2.08. The quantitative estimate of drug-likeness (QED) is 0.603. The van der Waals surface area contributed by atoms with Gasteiger partial charge in [0.2, 0.25) is 5.82 Å². The Labute approximate surface area is 131 Å². The van der Waals surface area contributed by atoms with Crippen LogP contribution in [0.5, 0.6) is 0 Å². The van der Waals surface area contributed by atoms with Crippen LogP contribution < -0.4 is 0 Å². The van der Waals surface area contributed by atoms with Crippen LogP contribution in [0.4, 0.5) is 8.78 Å². The number of nitrogens with zero attached hydrogens (tertiary/aromatic N) is 3. The zero-order valence-corrected chi connectivity index (χ0v) is 13.9. The van der Waals surface area contributed by atoms with Gasteiger partial charge in [0, 0.05) is 18.4 Å². The average Bonchev–Trinajstić information content (AvgIpc) is 2.88. The summed E-state index contributed by atoms with van der Waals surface area (Å²) >= 11 is 4.82. The number of hydrogen-bond acceptors (Lipinski definition) is 4. The third-order valence-corrected chi connectivity index (χ3v) is 6.01. The van der Waals surface area contributed by atoms with E-state index in [0.717, 1.165) is 5.56 Å². The molecule has 22 heavy (non-hydrogen) atoms. The SMILES string of the molecule is CN(C)P(C)(=O)Cc1ccc(-c2noc(C(F)(F)Cl)n2)cc1. The second-order valence-electron chi connectivity index (χ2n) is 5.17. The van der Waals surface area contributed by atoms with Crippen molar-refractivity contribution < 1.29 is 17.9 Å². The fraction of sp³-hybridized carbons (Fsp3) is 0.385. The highest BCUT2D eigenvalue weighted by molar-refractivity contribution is 7.59. The predicted molar refractivity (Wildman–Crippen MR) is 80.4 cm³/mol. The van der Waals surface area contributed by atoms with Gasteiger partial charge in [-0.1, -0.05) is 29.4 Å². The maximum Gasteiger partial charge on any atom is 0.400 e. The first-order chi connectivity index (χ1) is 10.1. The van der Waals surface area contributed by atoms with Gasteiger partial charge in [-0.2, -0.15) is 13.8 Å². The molecule has 2 rings (SSSR count). The van der Waals surface area contributed by atoms with Gasteiger partial charge in [0.15, 0.2) is 7.29 Å². The molecule has 2 aromatic rings. The van der Waals surface area contributed by atoms with Gasteiger partial charge >= 0.3 is 11.3 Å². The second-order valence-corrected chi connectivity index (χ2v) is 8.87. The van der Waals surface area contributed by atoms with E-state index in [1.165, 1.54) is 0 Å². The Kier molecular flexibility index (Phi) is 4.70. The van der Waals surface area contributed by atoms with E-state index >= 15 is 0 Å². The van der Waals surface area contributed by atoms with Crippen molar-refractivity contribution in [3.8, 4) is 11.4 Å². The Morgan fingerprint density at radius 1 is 1.32 bits per heavy atom. The lowest BCUT2D eigenvalue weighted by molar-refractivity contribution is 0.0551. The summed E-state index contributed by atoms with van der Waals surface area (Å²) < 4.78 is 44.2. The summed E-state index contributed by atoms with van der Waals surface area (Å²) in [5.74, 6) is -0.923. The van der Waals surface area contributed by atoms with Crippen molar-refractivity contribution >= 4 is 18.9 Å². The van der Waals surface area contributed by atoms with E-state index in [0.29, 0.717) is 11.7 Å². The van der Waals surface area contributed by atoms with Gasteiger partial charge in [0.25, 0.3) is 0 Å². The number of rotatable bonds is 5. The van der Waals surface area contributed by atoms with Gasteiger partial charge in [-0.15, -0.1) is 0 Å². The summed E-state index contributed by atoms with van der Waals surface area (Å²) in [5, 5.41) is -0.217. The molecule has 0 aliphatic rings. The third kappa shape index (κ3) is 3.91. The van der Waals surface area contributed by atoms with E-state index < -0.39 is 18.6 Å². The molecule has 0 saturated carbocycles. The van der Waals surface area contributed by atoms with Crippen LogP contribution in [0, 0.1) is 0 Å². The van der Waals surface area contributed by atoms with Crippen molar-refractivity contribution in [2.45, 2.75) is 11.5 Å². The predicted octanol–water partition coefficient (Wildman–Crippen LogP) is 3.99. The largest absolute Gasteiger partial charge is 0.400 e. The highest BCUT2D eigenvalue weighted by Gasteiger charge is 2.35. The summed E-state index contributed by atoms with van der Waals surface area (Å²) in [6.45, 7) is 1.70. The normalized spacial score (nSPS) is 15.0. The topological polar surface area (TPSA) is 59.2 Å². The zero-order chi connectivity index (χ0) is 16.5. The average molecular weight is 350 g/mol. The van der Waals surface area contributed by atoms with Crippen LogP contribution in [-0.4, -0.2) is 35.6 Å². The Balaban J connectivity index is 2.19. The first-order valence-corrected chi connectivity index (χ1v) is 9.01. The number of hydrogen-bond donors (Lipinski definition) is 0. The van der Waals surface area contributed by atoms with Gasteiger partial charge in [-0.25, -0.2) is 0 Å². The van der Waals surface area contributed by atoms with Crippen molar-refractivity contribution in [3.63, 3.8) is 0 Å². The van der Waals surface area contributed by atoms with Crippen LogP contribution in [-0.2, 0) is 16.1 Å². The minimum Gasteiger partial charge on any atom is -0.331 e. The van der Waals surface area contributed by atoms with Crippen molar-refractivity contribution in [2.75, 3.05) is 20.8 Å². The molecule has 1 heterocycles. The summed E-state index contributed by atoms with van der Waals surface area (Å²) in [6.07, 6.45) is 0.414. The maximum atomic E-state index is 12.8. The molecule has 5 nitrogen and oxygen atoms in total.